The molecule has 0 spiro atoms. The monoisotopic (exact) mass is 466 g/mol. The Kier molecular flexibility index (Phi) is 8.63. The fourth-order valence-corrected chi connectivity index (χ4v) is 5.38. The number of carbonyl (C=O) groups excluding carboxylic acids is 1. The molecular formula is C24H39O5PSi. The molecule has 0 N–H and O–H groups in total. The van der Waals surface area contributed by atoms with Gasteiger partial charge in [0.05, 0.1) is 20.9 Å². The zero-order valence-corrected chi connectivity index (χ0v) is 22.4. The van der Waals surface area contributed by atoms with Gasteiger partial charge >= 0.3 is 5.97 Å². The number of fused-ring (bicyclic) bond motifs is 1. The zero-order chi connectivity index (χ0) is 23.4. The molecule has 31 heavy (non-hydrogen) atoms. The highest BCUT2D eigenvalue weighted by atomic mass is 31.2. The number of esters is 1. The zero-order valence-electron chi connectivity index (χ0n) is 20.5. The van der Waals surface area contributed by atoms with E-state index in [1.54, 1.807) is 7.11 Å². The molecule has 0 bridgehead atoms. The standard InChI is InChI=1S/C24H39O5PSi/c1-17(10-9-14-30(4,5)26)11-12-19-22(27-3)18(2)20-16-29-24(25)21(20)23(19)28-13-15-31(6,7)8/h11H,9-10,12-16H2,1-8H3/b17-11+. The van der Waals surface area contributed by atoms with Crippen LogP contribution in [0.2, 0.25) is 25.7 Å². The number of cyclic esters (lactones) is 1. The maximum Gasteiger partial charge on any atom is 0.342 e. The number of hydrogen-bond donors (Lipinski definition) is 0. The Morgan fingerprint density at radius 1 is 1.23 bits per heavy atom. The van der Waals surface area contributed by atoms with Gasteiger partial charge in [-0.3, -0.25) is 0 Å². The van der Waals surface area contributed by atoms with Crippen molar-refractivity contribution in [3.05, 3.63) is 33.9 Å². The maximum absolute atomic E-state index is 12.5. The van der Waals surface area contributed by atoms with Crippen molar-refractivity contribution in [1.82, 2.24) is 0 Å². The van der Waals surface area contributed by atoms with Crippen molar-refractivity contribution in [2.75, 3.05) is 33.2 Å². The van der Waals surface area contributed by atoms with Crippen LogP contribution < -0.4 is 9.47 Å². The predicted octanol–water partition coefficient (Wildman–Crippen LogP) is 6.28. The minimum atomic E-state index is -1.98. The van der Waals surface area contributed by atoms with Crippen LogP contribution in [0.5, 0.6) is 11.5 Å². The first-order valence-corrected chi connectivity index (χ1v) is 17.6. The van der Waals surface area contributed by atoms with Gasteiger partial charge in [-0.1, -0.05) is 31.3 Å². The van der Waals surface area contributed by atoms with Gasteiger partial charge in [-0.2, -0.15) is 0 Å². The van der Waals surface area contributed by atoms with Gasteiger partial charge < -0.3 is 18.8 Å². The van der Waals surface area contributed by atoms with Crippen LogP contribution in [-0.4, -0.2) is 47.3 Å². The van der Waals surface area contributed by atoms with E-state index >= 15 is 0 Å². The second-order valence-electron chi connectivity index (χ2n) is 10.2. The highest BCUT2D eigenvalue weighted by Crippen LogP contribution is 2.43. The molecule has 1 aromatic rings. The van der Waals surface area contributed by atoms with Crippen LogP contribution in [0.25, 0.3) is 0 Å². The van der Waals surface area contributed by atoms with E-state index in [4.69, 9.17) is 14.2 Å². The average Bonchev–Trinajstić information content (AvgIpc) is 3.02. The third-order valence-electron chi connectivity index (χ3n) is 5.65. The molecule has 1 heterocycles. The van der Waals surface area contributed by atoms with Crippen LogP contribution in [-0.2, 0) is 22.3 Å². The first-order valence-electron chi connectivity index (χ1n) is 11.1. The third-order valence-corrected chi connectivity index (χ3v) is 8.74. The molecule has 0 atom stereocenters. The lowest BCUT2D eigenvalue weighted by Crippen LogP contribution is -2.23. The summed E-state index contributed by atoms with van der Waals surface area (Å²) in [4.78, 5) is 12.5. The Hall–Kier alpha value is -1.52. The van der Waals surface area contributed by atoms with Crippen LogP contribution in [0.4, 0.5) is 0 Å². The van der Waals surface area contributed by atoms with Crippen molar-refractivity contribution in [2.24, 2.45) is 0 Å². The smallest absolute Gasteiger partial charge is 0.342 e. The summed E-state index contributed by atoms with van der Waals surface area (Å²) in [5, 5.41) is 0. The molecule has 1 aromatic carbocycles. The van der Waals surface area contributed by atoms with E-state index in [9.17, 15) is 9.36 Å². The fraction of sp³-hybridized carbons (Fsp3) is 0.625. The molecule has 0 unspecified atom stereocenters. The summed E-state index contributed by atoms with van der Waals surface area (Å²) in [6.07, 6.45) is 5.38. The number of rotatable bonds is 11. The van der Waals surface area contributed by atoms with Gasteiger partial charge in [0, 0.05) is 25.4 Å². The van der Waals surface area contributed by atoms with Gasteiger partial charge in [0.1, 0.15) is 23.7 Å². The van der Waals surface area contributed by atoms with E-state index in [1.165, 1.54) is 5.57 Å². The van der Waals surface area contributed by atoms with Crippen LogP contribution in [0, 0.1) is 6.92 Å². The summed E-state index contributed by atoms with van der Waals surface area (Å²) in [7, 11) is -1.60. The van der Waals surface area contributed by atoms with Crippen molar-refractivity contribution < 1.29 is 23.6 Å². The van der Waals surface area contributed by atoms with Crippen LogP contribution >= 0.6 is 7.14 Å². The largest absolute Gasteiger partial charge is 0.496 e. The molecule has 7 heteroatoms. The summed E-state index contributed by atoms with van der Waals surface area (Å²) < 4.78 is 29.4. The molecular weight excluding hydrogens is 427 g/mol. The first-order chi connectivity index (χ1) is 14.3. The molecule has 0 amide bonds. The van der Waals surface area contributed by atoms with E-state index in [0.29, 0.717) is 24.3 Å². The lowest BCUT2D eigenvalue weighted by atomic mass is 9.94. The summed E-state index contributed by atoms with van der Waals surface area (Å²) >= 11 is 0. The number of methoxy groups -OCH3 is 1. The molecule has 1 aliphatic heterocycles. The second kappa shape index (κ2) is 10.4. The SMILES string of the molecule is COc1c(C)c2c(c(OCC[Si](C)(C)C)c1C/C=C(\C)CCCP(C)(C)=O)C(=O)OC2. The minimum absolute atomic E-state index is 0.268. The summed E-state index contributed by atoms with van der Waals surface area (Å²) in [5.41, 5.74) is 4.53. The molecule has 0 radical (unpaired) electrons. The Balaban J connectivity index is 2.36. The van der Waals surface area contributed by atoms with Crippen LogP contribution in [0.15, 0.2) is 11.6 Å². The Bertz CT molecular complexity index is 892. The molecule has 174 valence electrons. The fourth-order valence-electron chi connectivity index (χ4n) is 3.75. The number of hydrogen-bond acceptors (Lipinski definition) is 5. The summed E-state index contributed by atoms with van der Waals surface area (Å²) in [6, 6.07) is 1.01. The van der Waals surface area contributed by atoms with Gasteiger partial charge in [-0.15, -0.1) is 0 Å². The molecule has 0 aliphatic carbocycles. The van der Waals surface area contributed by atoms with Gasteiger partial charge in [-0.25, -0.2) is 4.79 Å². The lowest BCUT2D eigenvalue weighted by molar-refractivity contribution is 0.0532. The molecule has 0 saturated heterocycles. The molecule has 0 aromatic heterocycles. The molecule has 2 rings (SSSR count). The van der Waals surface area contributed by atoms with Gasteiger partial charge in [0.25, 0.3) is 0 Å². The van der Waals surface area contributed by atoms with Gasteiger partial charge in [0.2, 0.25) is 0 Å². The van der Waals surface area contributed by atoms with E-state index in [2.05, 4.69) is 32.6 Å². The van der Waals surface area contributed by atoms with E-state index in [0.717, 1.165) is 47.5 Å². The van der Waals surface area contributed by atoms with E-state index in [1.807, 2.05) is 20.3 Å². The first kappa shape index (κ1) is 25.7. The molecule has 1 aliphatic rings. The third kappa shape index (κ3) is 7.25. The maximum atomic E-state index is 12.5. The molecule has 0 saturated carbocycles. The predicted molar refractivity (Wildman–Crippen MR) is 132 cm³/mol. The van der Waals surface area contributed by atoms with Crippen molar-refractivity contribution in [3.8, 4) is 11.5 Å². The van der Waals surface area contributed by atoms with Gasteiger partial charge in [0.15, 0.2) is 0 Å². The van der Waals surface area contributed by atoms with E-state index in [-0.39, 0.29) is 12.6 Å². The Labute approximate surface area is 188 Å². The van der Waals surface area contributed by atoms with Crippen LogP contribution in [0.1, 0.15) is 46.8 Å². The molecule has 5 nitrogen and oxygen atoms in total. The topological polar surface area (TPSA) is 61.8 Å². The number of allylic oxidation sites excluding steroid dienone is 2. The van der Waals surface area contributed by atoms with Crippen LogP contribution in [0.3, 0.4) is 0 Å². The lowest BCUT2D eigenvalue weighted by Gasteiger charge is -2.21. The van der Waals surface area contributed by atoms with Gasteiger partial charge in [-0.05, 0) is 58.0 Å². The average molecular weight is 467 g/mol. The summed E-state index contributed by atoms with van der Waals surface area (Å²) in [6.45, 7) is 15.5. The number of ether oxygens (including phenoxy) is 3. The molecule has 0 fully saturated rings. The quantitative estimate of drug-likeness (QED) is 0.166. The second-order valence-corrected chi connectivity index (χ2v) is 19.4. The van der Waals surface area contributed by atoms with Crippen molar-refractivity contribution in [1.29, 1.82) is 0 Å². The van der Waals surface area contributed by atoms with E-state index < -0.39 is 15.2 Å². The van der Waals surface area contributed by atoms with Crippen molar-refractivity contribution >= 4 is 21.2 Å². The Morgan fingerprint density at radius 2 is 1.90 bits per heavy atom. The Morgan fingerprint density at radius 3 is 2.48 bits per heavy atom. The van der Waals surface area contributed by atoms with Crippen molar-refractivity contribution in [2.45, 2.75) is 65.4 Å². The highest BCUT2D eigenvalue weighted by molar-refractivity contribution is 7.62. The normalized spacial score (nSPS) is 14.5. The number of benzene rings is 1. The highest BCUT2D eigenvalue weighted by Gasteiger charge is 2.33. The number of carbonyl (C=O) groups is 1. The summed E-state index contributed by atoms with van der Waals surface area (Å²) in [5.74, 6) is 1.08. The van der Waals surface area contributed by atoms with Crippen molar-refractivity contribution in [3.63, 3.8) is 0 Å². The minimum Gasteiger partial charge on any atom is -0.496 e.